The maximum absolute atomic E-state index is 11.9. The van der Waals surface area contributed by atoms with Gasteiger partial charge in [0.2, 0.25) is 0 Å². The van der Waals surface area contributed by atoms with E-state index in [1.54, 1.807) is 0 Å². The smallest absolute Gasteiger partial charge is 0.267 e. The monoisotopic (exact) mass is 482 g/mol. The summed E-state index contributed by atoms with van der Waals surface area (Å²) in [5.41, 5.74) is 0. The molecule has 4 nitrogen and oxygen atoms in total. The van der Waals surface area contributed by atoms with Gasteiger partial charge in [0.25, 0.3) is 10.1 Å². The van der Waals surface area contributed by atoms with E-state index < -0.39 is 10.1 Å². The van der Waals surface area contributed by atoms with E-state index in [9.17, 15) is 12.8 Å². The van der Waals surface area contributed by atoms with Crippen molar-refractivity contribution >= 4 is 10.1 Å². The van der Waals surface area contributed by atoms with E-state index in [1.807, 2.05) is 0 Å². The van der Waals surface area contributed by atoms with Crippen LogP contribution in [0.25, 0.3) is 0 Å². The topological polar surface area (TPSA) is 43.4 Å². The van der Waals surface area contributed by atoms with Crippen LogP contribution in [0, 0.1) is 0 Å². The van der Waals surface area contributed by atoms with Gasteiger partial charge < -0.3 is 4.48 Å². The summed E-state index contributed by atoms with van der Waals surface area (Å²) in [6.45, 7) is 16.5. The van der Waals surface area contributed by atoms with Gasteiger partial charge in [0.1, 0.15) is 0 Å². The van der Waals surface area contributed by atoms with Crippen LogP contribution in [0.15, 0.2) is 0 Å². The maximum atomic E-state index is 11.9. The van der Waals surface area contributed by atoms with E-state index in [4.69, 9.17) is 4.18 Å². The Morgan fingerprint density at radius 3 is 1.41 bits per heavy atom. The van der Waals surface area contributed by atoms with Crippen LogP contribution in [-0.2, 0) is 14.3 Å². The van der Waals surface area contributed by atoms with Gasteiger partial charge in [0, 0.05) is 0 Å². The number of hydrogen-bond acceptors (Lipinski definition) is 3. The Hall–Kier alpha value is -0.200. The van der Waals surface area contributed by atoms with Crippen LogP contribution in [0.2, 0.25) is 0 Å². The van der Waals surface area contributed by atoms with Crippen molar-refractivity contribution in [1.82, 2.24) is 0 Å². The quantitative estimate of drug-likeness (QED) is 0.0903. The molecular weight excluding hydrogens is 425 g/mol. The Kier molecular flexibility index (Phi) is 25.4. The lowest BCUT2D eigenvalue weighted by Crippen LogP contribution is -2.47. The molecule has 0 heterocycles. The van der Waals surface area contributed by atoms with Gasteiger partial charge in [-0.3, -0.25) is 8.57 Å². The first kappa shape index (κ1) is 34.0. The summed E-state index contributed by atoms with van der Waals surface area (Å²) >= 11 is 0. The fourth-order valence-corrected chi connectivity index (χ4v) is 4.95. The van der Waals surface area contributed by atoms with Crippen molar-refractivity contribution in [2.45, 2.75) is 125 Å². The zero-order chi connectivity index (χ0) is 24.6. The fraction of sp³-hybridized carbons (Fsp3) is 1.00. The van der Waals surface area contributed by atoms with Crippen LogP contribution in [0.1, 0.15) is 125 Å². The van der Waals surface area contributed by atoms with Crippen molar-refractivity contribution in [2.75, 3.05) is 45.2 Å². The number of nitrogens with zero attached hydrogens (tertiary/aromatic N) is 1. The van der Waals surface area contributed by atoms with Crippen molar-refractivity contribution in [3.05, 3.63) is 0 Å². The van der Waals surface area contributed by atoms with Crippen molar-refractivity contribution in [3.63, 3.8) is 0 Å². The van der Waals surface area contributed by atoms with Crippen molar-refractivity contribution < 1.29 is 21.5 Å². The molecule has 0 fully saturated rings. The van der Waals surface area contributed by atoms with Crippen LogP contribution in [0.4, 0.5) is 4.39 Å². The molecule has 0 spiro atoms. The Balaban J connectivity index is 0. The van der Waals surface area contributed by atoms with Gasteiger partial charge >= 0.3 is 0 Å². The first-order valence-corrected chi connectivity index (χ1v) is 15.2. The van der Waals surface area contributed by atoms with Crippen LogP contribution < -0.4 is 0 Å². The molecule has 0 saturated carbocycles. The van der Waals surface area contributed by atoms with Gasteiger partial charge in [0.05, 0.1) is 45.2 Å². The van der Waals surface area contributed by atoms with Gasteiger partial charge in [-0.2, -0.15) is 8.42 Å². The highest BCUT2D eigenvalue weighted by Crippen LogP contribution is 2.11. The van der Waals surface area contributed by atoms with E-state index >= 15 is 0 Å². The molecule has 32 heavy (non-hydrogen) atoms. The number of quaternary nitrogens is 1. The van der Waals surface area contributed by atoms with E-state index in [1.165, 1.54) is 75.6 Å². The molecule has 0 amide bonds. The molecule has 0 aromatic heterocycles. The second kappa shape index (κ2) is 23.9. The number of hydrogen-bond donors (Lipinski definition) is 0. The molecule has 0 saturated heterocycles. The Labute approximate surface area is 201 Å². The normalized spacial score (nSPS) is 11.9. The molecule has 0 bridgehead atoms. The molecular formula is C26H57FNO3S+. The summed E-state index contributed by atoms with van der Waals surface area (Å²) < 4.78 is 41.5. The Morgan fingerprint density at radius 1 is 0.594 bits per heavy atom. The average Bonchev–Trinajstić information content (AvgIpc) is 2.80. The standard InChI is InChI=1S/C18H37FO3S.C8H20N/c1-2-3-4-5-6-7-8-11-14-17-22-23(20,21)18-15-12-9-10-13-16-19;1-5-9(6-2,7-3)8-4/h2-18H2,1H3;5-8H2,1-4H3/q;+1. The predicted molar refractivity (Wildman–Crippen MR) is 138 cm³/mol. The second-order valence-corrected chi connectivity index (χ2v) is 10.7. The van der Waals surface area contributed by atoms with Crippen molar-refractivity contribution in [1.29, 1.82) is 0 Å². The van der Waals surface area contributed by atoms with Gasteiger partial charge in [-0.1, -0.05) is 77.6 Å². The molecule has 0 radical (unpaired) electrons. The maximum Gasteiger partial charge on any atom is 0.267 e. The lowest BCUT2D eigenvalue weighted by Gasteiger charge is -2.34. The highest BCUT2D eigenvalue weighted by Gasteiger charge is 2.16. The van der Waals surface area contributed by atoms with Gasteiger partial charge in [-0.15, -0.1) is 0 Å². The molecule has 0 aromatic carbocycles. The summed E-state index contributed by atoms with van der Waals surface area (Å²) in [5.74, 6) is 0.0973. The molecule has 0 aliphatic rings. The third-order valence-electron chi connectivity index (χ3n) is 6.72. The minimum absolute atomic E-state index is 0.0973. The highest BCUT2D eigenvalue weighted by molar-refractivity contribution is 7.86. The Morgan fingerprint density at radius 2 is 1.00 bits per heavy atom. The summed E-state index contributed by atoms with van der Waals surface area (Å²) in [6, 6.07) is 0. The van der Waals surface area contributed by atoms with Gasteiger partial charge in [0.15, 0.2) is 0 Å². The minimum Gasteiger partial charge on any atom is -0.325 e. The summed E-state index contributed by atoms with van der Waals surface area (Å²) in [4.78, 5) is 0. The van der Waals surface area contributed by atoms with Crippen molar-refractivity contribution in [3.8, 4) is 0 Å². The second-order valence-electron chi connectivity index (χ2n) is 8.98. The van der Waals surface area contributed by atoms with Crippen molar-refractivity contribution in [2.24, 2.45) is 0 Å². The number of halogens is 1. The van der Waals surface area contributed by atoms with Gasteiger partial charge in [-0.25, -0.2) is 0 Å². The first-order chi connectivity index (χ1) is 15.4. The largest absolute Gasteiger partial charge is 0.325 e. The molecule has 0 aliphatic carbocycles. The van der Waals surface area contributed by atoms with Crippen LogP contribution in [0.5, 0.6) is 0 Å². The number of alkyl halides is 1. The summed E-state index contributed by atoms with van der Waals surface area (Å²) in [6.07, 6.45) is 14.6. The molecule has 0 aromatic rings. The van der Waals surface area contributed by atoms with E-state index in [0.29, 0.717) is 19.4 Å². The third-order valence-corrected chi connectivity index (χ3v) is 8.04. The molecule has 0 atom stereocenters. The minimum atomic E-state index is -3.36. The van der Waals surface area contributed by atoms with Crippen LogP contribution in [0.3, 0.4) is 0 Å². The fourth-order valence-electron chi connectivity index (χ4n) is 3.90. The van der Waals surface area contributed by atoms with E-state index in [0.717, 1.165) is 32.1 Å². The van der Waals surface area contributed by atoms with Crippen LogP contribution in [-0.4, -0.2) is 58.1 Å². The number of rotatable bonds is 22. The van der Waals surface area contributed by atoms with Gasteiger partial charge in [-0.05, 0) is 47.0 Å². The number of unbranched alkanes of at least 4 members (excludes halogenated alkanes) is 12. The molecule has 0 unspecified atom stereocenters. The first-order valence-electron chi connectivity index (χ1n) is 13.6. The predicted octanol–water partition coefficient (Wildman–Crippen LogP) is 7.67. The summed E-state index contributed by atoms with van der Waals surface area (Å²) in [7, 11) is -3.36. The third kappa shape index (κ3) is 21.6. The highest BCUT2D eigenvalue weighted by atomic mass is 32.2. The van der Waals surface area contributed by atoms with Crippen LogP contribution >= 0.6 is 0 Å². The molecule has 6 heteroatoms. The zero-order valence-electron chi connectivity index (χ0n) is 22.3. The summed E-state index contributed by atoms with van der Waals surface area (Å²) in [5, 5.41) is 0. The van der Waals surface area contributed by atoms with E-state index in [-0.39, 0.29) is 12.4 Å². The lowest BCUT2D eigenvalue weighted by molar-refractivity contribution is -0.921. The van der Waals surface area contributed by atoms with E-state index in [2.05, 4.69) is 34.6 Å². The Bertz CT molecular complexity index is 450. The molecule has 0 rings (SSSR count). The average molecular weight is 483 g/mol. The molecule has 0 N–H and O–H groups in total. The zero-order valence-corrected chi connectivity index (χ0v) is 23.1. The molecule has 0 aliphatic heterocycles. The molecule has 196 valence electrons. The lowest BCUT2D eigenvalue weighted by atomic mass is 10.1. The SMILES string of the molecule is CCCCCCCCCCCOS(=O)(=O)CCCCCCCF.CC[N+](CC)(CC)CC.